The second-order valence-electron chi connectivity index (χ2n) is 2.76. The molecule has 0 radical (unpaired) electrons. The topological polar surface area (TPSA) is 80.3 Å². The van der Waals surface area contributed by atoms with E-state index < -0.39 is 31.2 Å². The van der Waals surface area contributed by atoms with Crippen LogP contribution in [-0.4, -0.2) is 34.3 Å². The van der Waals surface area contributed by atoms with Crippen LogP contribution in [0.4, 0.5) is 17.6 Å². The highest BCUT2D eigenvalue weighted by molar-refractivity contribution is 8.04. The number of rotatable bonds is 4. The summed E-state index contributed by atoms with van der Waals surface area (Å²) in [6.45, 7) is -0.339. The third-order valence-corrected chi connectivity index (χ3v) is 4.23. The van der Waals surface area contributed by atoms with Crippen LogP contribution in [0.3, 0.4) is 0 Å². The summed E-state index contributed by atoms with van der Waals surface area (Å²) < 4.78 is 91.9. The Morgan fingerprint density at radius 2 is 1.33 bits per heavy atom. The molecule has 1 N–H and O–H groups in total. The summed E-state index contributed by atoms with van der Waals surface area (Å²) in [6, 6.07) is 0. The van der Waals surface area contributed by atoms with Gasteiger partial charge in [0.2, 0.25) is 10.0 Å². The van der Waals surface area contributed by atoms with Gasteiger partial charge in [-0.25, -0.2) is 16.8 Å². The van der Waals surface area contributed by atoms with Gasteiger partial charge in [0.1, 0.15) is 0 Å². The fourth-order valence-electron chi connectivity index (χ4n) is 0.488. The van der Waals surface area contributed by atoms with E-state index in [0.29, 0.717) is 4.13 Å². The Hall–Kier alpha value is -0.420. The first-order valence-corrected chi connectivity index (χ1v) is 6.57. The molecule has 11 heteroatoms. The molecule has 0 fully saturated rings. The highest BCUT2D eigenvalue weighted by atomic mass is 32.3. The standard InChI is InChI=1S/C4H7F4NO4S2/c1-3(5,6)4(7,8)15(12,13)9-14(2,10)11/h9H,1-2H3. The van der Waals surface area contributed by atoms with Crippen LogP contribution in [0.5, 0.6) is 0 Å². The lowest BCUT2D eigenvalue weighted by molar-refractivity contribution is -0.143. The van der Waals surface area contributed by atoms with Crippen LogP contribution in [0.25, 0.3) is 0 Å². The summed E-state index contributed by atoms with van der Waals surface area (Å²) >= 11 is 0. The molecule has 0 aromatic carbocycles. The van der Waals surface area contributed by atoms with E-state index in [0.717, 1.165) is 0 Å². The van der Waals surface area contributed by atoms with Crippen molar-refractivity contribution in [2.45, 2.75) is 18.1 Å². The quantitative estimate of drug-likeness (QED) is 0.737. The predicted molar refractivity (Wildman–Crippen MR) is 42.5 cm³/mol. The molecule has 0 bridgehead atoms. The van der Waals surface area contributed by atoms with Crippen molar-refractivity contribution in [3.8, 4) is 0 Å². The van der Waals surface area contributed by atoms with Crippen molar-refractivity contribution >= 4 is 20.0 Å². The van der Waals surface area contributed by atoms with Gasteiger partial charge in [0, 0.05) is 6.92 Å². The molecule has 0 aliphatic heterocycles. The number of sulfonamides is 2. The van der Waals surface area contributed by atoms with Gasteiger partial charge in [-0.1, -0.05) is 0 Å². The highest BCUT2D eigenvalue weighted by Gasteiger charge is 2.63. The van der Waals surface area contributed by atoms with Crippen LogP contribution < -0.4 is 4.13 Å². The lowest BCUT2D eigenvalue weighted by Crippen LogP contribution is -2.51. The average molecular weight is 273 g/mol. The van der Waals surface area contributed by atoms with E-state index in [-0.39, 0.29) is 13.2 Å². The molecular formula is C4H7F4NO4S2. The summed E-state index contributed by atoms with van der Waals surface area (Å²) in [5.74, 6) is -4.90. The molecule has 0 aromatic heterocycles. The predicted octanol–water partition coefficient (Wildman–Crippen LogP) is 0.113. The van der Waals surface area contributed by atoms with E-state index in [9.17, 15) is 34.4 Å². The minimum Gasteiger partial charge on any atom is -0.212 e. The molecule has 0 atom stereocenters. The van der Waals surface area contributed by atoms with Gasteiger partial charge in [0.15, 0.2) is 0 Å². The number of hydrogen-bond acceptors (Lipinski definition) is 4. The number of alkyl halides is 4. The number of halogens is 4. The molecule has 0 aromatic rings. The smallest absolute Gasteiger partial charge is 0.212 e. The van der Waals surface area contributed by atoms with Crippen LogP contribution in [0.2, 0.25) is 0 Å². The zero-order valence-electron chi connectivity index (χ0n) is 7.46. The Morgan fingerprint density at radius 1 is 1.00 bits per heavy atom. The fourth-order valence-corrected chi connectivity index (χ4v) is 2.97. The zero-order chi connectivity index (χ0) is 12.7. The van der Waals surface area contributed by atoms with E-state index in [1.807, 2.05) is 0 Å². The Balaban J connectivity index is 5.43. The van der Waals surface area contributed by atoms with Gasteiger partial charge in [-0.2, -0.15) is 17.6 Å². The Bertz CT molecular complexity index is 434. The van der Waals surface area contributed by atoms with E-state index in [4.69, 9.17) is 0 Å². The van der Waals surface area contributed by atoms with E-state index in [1.54, 1.807) is 0 Å². The van der Waals surface area contributed by atoms with E-state index in [1.165, 1.54) is 0 Å². The summed E-state index contributed by atoms with van der Waals surface area (Å²) in [5.41, 5.74) is 0. The first kappa shape index (κ1) is 14.6. The van der Waals surface area contributed by atoms with Crippen molar-refractivity contribution < 1.29 is 34.4 Å². The molecule has 0 saturated heterocycles. The fraction of sp³-hybridized carbons (Fsp3) is 1.00. The summed E-state index contributed by atoms with van der Waals surface area (Å²) in [5, 5.41) is -5.51. The SMILES string of the molecule is CC(F)(F)C(F)(F)S(=O)(=O)NS(C)(=O)=O. The molecule has 0 spiro atoms. The lowest BCUT2D eigenvalue weighted by Gasteiger charge is -2.22. The first-order valence-electron chi connectivity index (χ1n) is 3.19. The van der Waals surface area contributed by atoms with Gasteiger partial charge in [-0.15, -0.1) is 4.13 Å². The first-order chi connectivity index (χ1) is 6.21. The van der Waals surface area contributed by atoms with Crippen molar-refractivity contribution in [1.82, 2.24) is 4.13 Å². The zero-order valence-corrected chi connectivity index (χ0v) is 9.09. The van der Waals surface area contributed by atoms with Crippen LogP contribution >= 0.6 is 0 Å². The average Bonchev–Trinajstić information content (AvgIpc) is 1.77. The highest BCUT2D eigenvalue weighted by Crippen LogP contribution is 2.37. The molecule has 0 saturated carbocycles. The second kappa shape index (κ2) is 3.56. The van der Waals surface area contributed by atoms with Gasteiger partial charge >= 0.3 is 11.2 Å². The van der Waals surface area contributed by atoms with Crippen LogP contribution in [-0.2, 0) is 20.0 Å². The van der Waals surface area contributed by atoms with Crippen molar-refractivity contribution in [3.05, 3.63) is 0 Å². The van der Waals surface area contributed by atoms with Gasteiger partial charge in [0.25, 0.3) is 10.0 Å². The third-order valence-electron chi connectivity index (χ3n) is 1.11. The molecular weight excluding hydrogens is 266 g/mol. The van der Waals surface area contributed by atoms with Crippen LogP contribution in [0.1, 0.15) is 6.92 Å². The Morgan fingerprint density at radius 3 is 1.53 bits per heavy atom. The van der Waals surface area contributed by atoms with Gasteiger partial charge in [-0.05, 0) is 0 Å². The molecule has 0 aliphatic carbocycles. The Labute approximate surface area is 83.6 Å². The normalized spacial score (nSPS) is 15.3. The van der Waals surface area contributed by atoms with Crippen LogP contribution in [0.15, 0.2) is 0 Å². The maximum atomic E-state index is 12.6. The largest absolute Gasteiger partial charge is 0.421 e. The number of hydrogen-bond donors (Lipinski definition) is 1. The maximum Gasteiger partial charge on any atom is 0.421 e. The molecule has 92 valence electrons. The van der Waals surface area contributed by atoms with Gasteiger partial charge in [0.05, 0.1) is 6.26 Å². The van der Waals surface area contributed by atoms with Crippen molar-refractivity contribution in [2.24, 2.45) is 0 Å². The summed E-state index contributed by atoms with van der Waals surface area (Å²) in [6.07, 6.45) is 0.244. The monoisotopic (exact) mass is 273 g/mol. The summed E-state index contributed by atoms with van der Waals surface area (Å²) in [7, 11) is -10.6. The molecule has 0 heterocycles. The lowest BCUT2D eigenvalue weighted by atomic mass is 10.4. The number of nitrogens with one attached hydrogen (secondary N) is 1. The van der Waals surface area contributed by atoms with Gasteiger partial charge < -0.3 is 0 Å². The molecule has 0 rings (SSSR count). The minimum atomic E-state index is -6.00. The van der Waals surface area contributed by atoms with Gasteiger partial charge in [-0.3, -0.25) is 0 Å². The molecule has 0 amide bonds. The second-order valence-corrected chi connectivity index (χ2v) is 6.49. The van der Waals surface area contributed by atoms with Crippen molar-refractivity contribution in [2.75, 3.05) is 6.26 Å². The minimum absolute atomic E-state index is 0.244. The molecule has 5 nitrogen and oxygen atoms in total. The van der Waals surface area contributed by atoms with Crippen LogP contribution in [0, 0.1) is 0 Å². The van der Waals surface area contributed by atoms with Crippen molar-refractivity contribution in [3.63, 3.8) is 0 Å². The summed E-state index contributed by atoms with van der Waals surface area (Å²) in [4.78, 5) is 0. The molecule has 0 aliphatic rings. The molecule has 0 unspecified atom stereocenters. The Kier molecular flexibility index (Phi) is 3.46. The van der Waals surface area contributed by atoms with E-state index in [2.05, 4.69) is 0 Å². The maximum absolute atomic E-state index is 12.6. The van der Waals surface area contributed by atoms with E-state index >= 15 is 0 Å². The molecule has 15 heavy (non-hydrogen) atoms. The van der Waals surface area contributed by atoms with Crippen molar-refractivity contribution in [1.29, 1.82) is 0 Å². The third kappa shape index (κ3) is 3.28.